The second kappa shape index (κ2) is 4.17. The summed E-state index contributed by atoms with van der Waals surface area (Å²) < 4.78 is 0. The van der Waals surface area contributed by atoms with Crippen LogP contribution in [-0.4, -0.2) is 21.9 Å². The molecule has 0 bridgehead atoms. The molecule has 3 atom stereocenters. The Morgan fingerprint density at radius 1 is 1.41 bits per heavy atom. The summed E-state index contributed by atoms with van der Waals surface area (Å²) in [5, 5.41) is 3.15. The molecule has 1 aromatic rings. The van der Waals surface area contributed by atoms with Crippen molar-refractivity contribution in [1.82, 2.24) is 15.3 Å². The third-order valence-electron chi connectivity index (χ3n) is 4.32. The number of hydrogen-bond acceptors (Lipinski definition) is 2. The van der Waals surface area contributed by atoms with Crippen LogP contribution in [0.4, 0.5) is 0 Å². The SMILES string of the molecule is Cc1cnc(C(=O)N[C@H]2CC[C@@H]3CCC[C@@H]32)[nH]1. The summed E-state index contributed by atoms with van der Waals surface area (Å²) >= 11 is 0. The molecule has 0 unspecified atom stereocenters. The first-order valence-corrected chi connectivity index (χ1v) is 6.56. The molecule has 2 fully saturated rings. The van der Waals surface area contributed by atoms with Crippen molar-refractivity contribution >= 4 is 5.91 Å². The highest BCUT2D eigenvalue weighted by atomic mass is 16.2. The first-order valence-electron chi connectivity index (χ1n) is 6.56. The van der Waals surface area contributed by atoms with E-state index in [0.717, 1.165) is 24.0 Å². The molecule has 2 aliphatic carbocycles. The van der Waals surface area contributed by atoms with Gasteiger partial charge in [-0.25, -0.2) is 4.98 Å². The Bertz CT molecular complexity index is 426. The van der Waals surface area contributed by atoms with E-state index in [-0.39, 0.29) is 5.91 Å². The van der Waals surface area contributed by atoms with Gasteiger partial charge in [-0.1, -0.05) is 12.8 Å². The van der Waals surface area contributed by atoms with Crippen molar-refractivity contribution in [1.29, 1.82) is 0 Å². The van der Waals surface area contributed by atoms with Crippen LogP contribution in [0.25, 0.3) is 0 Å². The highest BCUT2D eigenvalue weighted by Gasteiger charge is 2.39. The number of H-pyrrole nitrogens is 1. The van der Waals surface area contributed by atoms with Gasteiger partial charge < -0.3 is 10.3 Å². The van der Waals surface area contributed by atoms with Crippen molar-refractivity contribution in [2.45, 2.75) is 45.1 Å². The molecule has 1 heterocycles. The standard InChI is InChI=1S/C13H19N3O/c1-8-7-14-12(15-8)13(17)16-11-6-5-9-3-2-4-10(9)11/h7,9-11H,2-6H2,1H3,(H,14,15)(H,16,17)/t9-,10-,11-/m0/s1. The van der Waals surface area contributed by atoms with Crippen molar-refractivity contribution in [3.63, 3.8) is 0 Å². The number of nitrogens with one attached hydrogen (secondary N) is 2. The third kappa shape index (κ3) is 1.96. The first kappa shape index (κ1) is 10.8. The van der Waals surface area contributed by atoms with Crippen molar-refractivity contribution in [3.05, 3.63) is 17.7 Å². The minimum absolute atomic E-state index is 0.0457. The summed E-state index contributed by atoms with van der Waals surface area (Å²) in [4.78, 5) is 19.1. The molecule has 0 saturated heterocycles. The van der Waals surface area contributed by atoms with Gasteiger partial charge in [0.15, 0.2) is 5.82 Å². The van der Waals surface area contributed by atoms with E-state index in [0.29, 0.717) is 11.9 Å². The maximum Gasteiger partial charge on any atom is 0.287 e. The second-order valence-electron chi connectivity index (χ2n) is 5.43. The quantitative estimate of drug-likeness (QED) is 0.821. The number of carbonyl (C=O) groups excluding carboxylic acids is 1. The van der Waals surface area contributed by atoms with Crippen molar-refractivity contribution in [2.24, 2.45) is 11.8 Å². The lowest BCUT2D eigenvalue weighted by Gasteiger charge is -2.19. The van der Waals surface area contributed by atoms with Gasteiger partial charge >= 0.3 is 0 Å². The van der Waals surface area contributed by atoms with E-state index >= 15 is 0 Å². The number of aromatic nitrogens is 2. The number of rotatable bonds is 2. The van der Waals surface area contributed by atoms with E-state index in [1.807, 2.05) is 6.92 Å². The predicted octanol–water partition coefficient (Wildman–Crippen LogP) is 2.03. The Hall–Kier alpha value is -1.32. The van der Waals surface area contributed by atoms with Crippen LogP contribution in [0.5, 0.6) is 0 Å². The van der Waals surface area contributed by atoms with Crippen LogP contribution in [0.1, 0.15) is 48.4 Å². The minimum Gasteiger partial charge on any atom is -0.346 e. The fraction of sp³-hybridized carbons (Fsp3) is 0.692. The molecule has 0 aromatic carbocycles. The average molecular weight is 233 g/mol. The van der Waals surface area contributed by atoms with E-state index in [9.17, 15) is 4.79 Å². The summed E-state index contributed by atoms with van der Waals surface area (Å²) in [7, 11) is 0. The van der Waals surface area contributed by atoms with Crippen LogP contribution in [0.3, 0.4) is 0 Å². The Labute approximate surface area is 101 Å². The molecular weight excluding hydrogens is 214 g/mol. The number of hydrogen-bond donors (Lipinski definition) is 2. The molecule has 4 nitrogen and oxygen atoms in total. The predicted molar refractivity (Wildman–Crippen MR) is 64.6 cm³/mol. The van der Waals surface area contributed by atoms with Crippen LogP contribution in [0.15, 0.2) is 6.20 Å². The van der Waals surface area contributed by atoms with Crippen LogP contribution in [0.2, 0.25) is 0 Å². The maximum atomic E-state index is 12.0. The van der Waals surface area contributed by atoms with Gasteiger partial charge in [-0.2, -0.15) is 0 Å². The molecule has 0 aliphatic heterocycles. The Balaban J connectivity index is 1.65. The summed E-state index contributed by atoms with van der Waals surface area (Å²) in [5.41, 5.74) is 0.931. The van der Waals surface area contributed by atoms with Crippen LogP contribution < -0.4 is 5.32 Å². The summed E-state index contributed by atoms with van der Waals surface area (Å²) in [6, 6.07) is 0.375. The van der Waals surface area contributed by atoms with Gasteiger partial charge in [-0.3, -0.25) is 4.79 Å². The Morgan fingerprint density at radius 3 is 3.06 bits per heavy atom. The molecule has 3 rings (SSSR count). The Morgan fingerprint density at radius 2 is 2.29 bits per heavy atom. The number of nitrogens with zero attached hydrogens (tertiary/aromatic N) is 1. The lowest BCUT2D eigenvalue weighted by Crippen LogP contribution is -2.38. The van der Waals surface area contributed by atoms with Gasteiger partial charge in [0, 0.05) is 17.9 Å². The number of fused-ring (bicyclic) bond motifs is 1. The lowest BCUT2D eigenvalue weighted by atomic mass is 9.98. The van der Waals surface area contributed by atoms with Crippen LogP contribution in [0, 0.1) is 18.8 Å². The van der Waals surface area contributed by atoms with E-state index < -0.39 is 0 Å². The molecular formula is C13H19N3O. The van der Waals surface area contributed by atoms with Gasteiger partial charge in [-0.05, 0) is 38.0 Å². The molecule has 0 radical (unpaired) electrons. The van der Waals surface area contributed by atoms with E-state index in [2.05, 4.69) is 15.3 Å². The maximum absolute atomic E-state index is 12.0. The molecule has 17 heavy (non-hydrogen) atoms. The third-order valence-corrected chi connectivity index (χ3v) is 4.32. The molecule has 92 valence electrons. The second-order valence-corrected chi connectivity index (χ2v) is 5.43. The number of imidazole rings is 1. The van der Waals surface area contributed by atoms with E-state index in [4.69, 9.17) is 0 Å². The summed E-state index contributed by atoms with van der Waals surface area (Å²) in [5.74, 6) is 1.98. The van der Waals surface area contributed by atoms with Crippen molar-refractivity contribution in [3.8, 4) is 0 Å². The topological polar surface area (TPSA) is 57.8 Å². The van der Waals surface area contributed by atoms with Crippen molar-refractivity contribution in [2.75, 3.05) is 0 Å². The Kier molecular flexibility index (Phi) is 2.65. The monoisotopic (exact) mass is 233 g/mol. The van der Waals surface area contributed by atoms with Gasteiger partial charge in [0.25, 0.3) is 5.91 Å². The zero-order valence-corrected chi connectivity index (χ0v) is 10.2. The number of carbonyl (C=O) groups is 1. The smallest absolute Gasteiger partial charge is 0.287 e. The first-order chi connectivity index (χ1) is 8.24. The van der Waals surface area contributed by atoms with Crippen molar-refractivity contribution < 1.29 is 4.79 Å². The number of amides is 1. The lowest BCUT2D eigenvalue weighted by molar-refractivity contribution is 0.0916. The number of aryl methyl sites for hydroxylation is 1. The van der Waals surface area contributed by atoms with E-state index in [1.165, 1.54) is 25.7 Å². The molecule has 0 spiro atoms. The van der Waals surface area contributed by atoms with Crippen LogP contribution in [-0.2, 0) is 0 Å². The molecule has 1 aromatic heterocycles. The largest absolute Gasteiger partial charge is 0.346 e. The van der Waals surface area contributed by atoms with E-state index in [1.54, 1.807) is 6.20 Å². The molecule has 2 aliphatic rings. The molecule has 2 saturated carbocycles. The van der Waals surface area contributed by atoms with Crippen LogP contribution >= 0.6 is 0 Å². The highest BCUT2D eigenvalue weighted by Crippen LogP contribution is 2.43. The highest BCUT2D eigenvalue weighted by molar-refractivity contribution is 5.90. The van der Waals surface area contributed by atoms with Gasteiger partial charge in [0.05, 0.1) is 0 Å². The number of aromatic amines is 1. The van der Waals surface area contributed by atoms with Gasteiger partial charge in [0.2, 0.25) is 0 Å². The fourth-order valence-corrected chi connectivity index (χ4v) is 3.51. The minimum atomic E-state index is -0.0457. The molecule has 4 heteroatoms. The zero-order valence-electron chi connectivity index (χ0n) is 10.2. The summed E-state index contributed by atoms with van der Waals surface area (Å²) in [6.07, 6.45) is 8.10. The van der Waals surface area contributed by atoms with Gasteiger partial charge in [-0.15, -0.1) is 0 Å². The summed E-state index contributed by atoms with van der Waals surface area (Å²) in [6.45, 7) is 1.91. The average Bonchev–Trinajstić information content (AvgIpc) is 2.96. The normalized spacial score (nSPS) is 31.5. The molecule has 1 amide bonds. The fourth-order valence-electron chi connectivity index (χ4n) is 3.51. The zero-order chi connectivity index (χ0) is 11.8. The van der Waals surface area contributed by atoms with Gasteiger partial charge in [0.1, 0.15) is 0 Å². The molecule has 2 N–H and O–H groups in total.